The van der Waals surface area contributed by atoms with Crippen LogP contribution in [-0.4, -0.2) is 43.8 Å². The predicted octanol–water partition coefficient (Wildman–Crippen LogP) is 3.73. The Kier molecular flexibility index (Phi) is 6.25. The van der Waals surface area contributed by atoms with Crippen LogP contribution < -0.4 is 0 Å². The summed E-state index contributed by atoms with van der Waals surface area (Å²) < 4.78 is 23.7. The number of ether oxygens (including phenoxy) is 2. The van der Waals surface area contributed by atoms with Crippen molar-refractivity contribution in [1.82, 2.24) is 0 Å². The molecule has 0 aromatic rings. The molecule has 4 nitrogen and oxygen atoms in total. The van der Waals surface area contributed by atoms with Gasteiger partial charge in [-0.3, -0.25) is 0 Å². The summed E-state index contributed by atoms with van der Waals surface area (Å²) in [4.78, 5) is 0. The van der Waals surface area contributed by atoms with Gasteiger partial charge in [0, 0.05) is 13.1 Å². The summed E-state index contributed by atoms with van der Waals surface area (Å²) in [5.41, 5.74) is 0. The summed E-state index contributed by atoms with van der Waals surface area (Å²) >= 11 is 0. The van der Waals surface area contributed by atoms with Crippen LogP contribution in [0.15, 0.2) is 0 Å². The quantitative estimate of drug-likeness (QED) is 0.701. The zero-order valence-electron chi connectivity index (χ0n) is 13.4. The van der Waals surface area contributed by atoms with Gasteiger partial charge in [0.05, 0.1) is 37.1 Å². The summed E-state index contributed by atoms with van der Waals surface area (Å²) in [5, 5.41) is 0. The molecule has 118 valence electrons. The molecule has 2 heterocycles. The number of hydrogen-bond acceptors (Lipinski definition) is 4. The van der Waals surface area contributed by atoms with Crippen molar-refractivity contribution >= 4 is 8.38 Å². The van der Waals surface area contributed by atoms with E-state index in [1.165, 1.54) is 0 Å². The monoisotopic (exact) mass is 304 g/mol. The van der Waals surface area contributed by atoms with E-state index in [9.17, 15) is 0 Å². The Morgan fingerprint density at radius 2 is 1.70 bits per heavy atom. The summed E-state index contributed by atoms with van der Waals surface area (Å²) in [6.45, 7) is 11.3. The lowest BCUT2D eigenvalue weighted by Gasteiger charge is -2.23. The summed E-state index contributed by atoms with van der Waals surface area (Å²) in [6, 6.07) is 0. The molecule has 2 saturated heterocycles. The highest BCUT2D eigenvalue weighted by atomic mass is 31.2. The first-order chi connectivity index (χ1) is 9.49. The molecular weight excluding hydrogens is 275 g/mol. The molecule has 7 atom stereocenters. The minimum atomic E-state index is -0.852. The Bertz CT molecular complexity index is 302. The van der Waals surface area contributed by atoms with Gasteiger partial charge in [0.15, 0.2) is 8.38 Å². The van der Waals surface area contributed by atoms with Crippen LogP contribution in [-0.2, 0) is 18.5 Å². The van der Waals surface area contributed by atoms with E-state index in [1.54, 1.807) is 0 Å². The molecule has 2 aliphatic heterocycles. The highest BCUT2D eigenvalue weighted by Crippen LogP contribution is 2.41. The normalized spacial score (nSPS) is 43.0. The Morgan fingerprint density at radius 1 is 1.05 bits per heavy atom. The van der Waals surface area contributed by atoms with Crippen LogP contribution in [0, 0.1) is 5.92 Å². The third-order valence-electron chi connectivity index (χ3n) is 4.24. The zero-order chi connectivity index (χ0) is 14.7. The van der Waals surface area contributed by atoms with Crippen molar-refractivity contribution in [3.8, 4) is 0 Å². The first kappa shape index (κ1) is 16.6. The third kappa shape index (κ3) is 4.38. The number of hydrogen-bond donors (Lipinski definition) is 0. The number of rotatable bonds is 6. The van der Waals surface area contributed by atoms with Crippen LogP contribution in [0.25, 0.3) is 0 Å². The fourth-order valence-electron chi connectivity index (χ4n) is 3.16. The minimum Gasteiger partial charge on any atom is -0.373 e. The van der Waals surface area contributed by atoms with Crippen molar-refractivity contribution in [1.29, 1.82) is 0 Å². The highest BCUT2D eigenvalue weighted by Gasteiger charge is 2.35. The van der Waals surface area contributed by atoms with Crippen LogP contribution >= 0.6 is 8.38 Å². The topological polar surface area (TPSA) is 36.9 Å². The zero-order valence-corrected chi connectivity index (χ0v) is 14.3. The van der Waals surface area contributed by atoms with Gasteiger partial charge in [-0.2, -0.15) is 0 Å². The highest BCUT2D eigenvalue weighted by molar-refractivity contribution is 7.46. The molecule has 0 radical (unpaired) electrons. The molecule has 0 saturated carbocycles. The molecule has 0 spiro atoms. The van der Waals surface area contributed by atoms with Gasteiger partial charge in [-0.05, 0) is 32.6 Å². The first-order valence-corrected chi connectivity index (χ1v) is 9.46. The lowest BCUT2D eigenvalue weighted by atomic mass is 10.0. The van der Waals surface area contributed by atoms with Crippen LogP contribution in [0.3, 0.4) is 0 Å². The van der Waals surface area contributed by atoms with E-state index >= 15 is 0 Å². The van der Waals surface area contributed by atoms with E-state index in [4.69, 9.17) is 18.5 Å². The van der Waals surface area contributed by atoms with Crippen molar-refractivity contribution in [2.24, 2.45) is 5.92 Å². The first-order valence-electron chi connectivity index (χ1n) is 7.83. The van der Waals surface area contributed by atoms with E-state index in [2.05, 4.69) is 27.7 Å². The maximum absolute atomic E-state index is 6.07. The minimum absolute atomic E-state index is 0.187. The second-order valence-corrected chi connectivity index (χ2v) is 7.55. The van der Waals surface area contributed by atoms with Gasteiger partial charge in [-0.1, -0.05) is 13.8 Å². The lowest BCUT2D eigenvalue weighted by Crippen LogP contribution is -2.23. The van der Waals surface area contributed by atoms with Gasteiger partial charge < -0.3 is 18.5 Å². The molecule has 0 bridgehead atoms. The molecule has 20 heavy (non-hydrogen) atoms. The fourth-order valence-corrected chi connectivity index (χ4v) is 4.18. The standard InChI is InChI=1S/C15H29O4P/c1-6-13-14(8-12(4)17-13)19-20(5)16-9-15-10(2)7-11(3)18-15/h10-15H,6-9H2,1-5H3. The van der Waals surface area contributed by atoms with Crippen LogP contribution in [0.1, 0.15) is 47.0 Å². The molecule has 2 aliphatic rings. The van der Waals surface area contributed by atoms with E-state index in [1.807, 2.05) is 6.66 Å². The van der Waals surface area contributed by atoms with Crippen LogP contribution in [0.2, 0.25) is 0 Å². The second-order valence-electron chi connectivity index (χ2n) is 6.21. The molecular formula is C15H29O4P. The van der Waals surface area contributed by atoms with E-state index in [0.717, 1.165) is 19.3 Å². The average Bonchev–Trinajstić information content (AvgIpc) is 2.89. The van der Waals surface area contributed by atoms with Gasteiger partial charge in [0.25, 0.3) is 0 Å². The second kappa shape index (κ2) is 7.51. The SMILES string of the molecule is CCC1OC(C)CC1OP(C)OCC1OC(C)CC1C. The third-order valence-corrected chi connectivity index (χ3v) is 5.32. The Balaban J connectivity index is 1.71. The molecule has 0 aromatic carbocycles. The van der Waals surface area contributed by atoms with Crippen LogP contribution in [0.4, 0.5) is 0 Å². The van der Waals surface area contributed by atoms with Gasteiger partial charge in [-0.25, -0.2) is 0 Å². The average molecular weight is 304 g/mol. The van der Waals surface area contributed by atoms with E-state index < -0.39 is 8.38 Å². The largest absolute Gasteiger partial charge is 0.373 e. The Hall–Kier alpha value is 0.270. The molecule has 0 amide bonds. The van der Waals surface area contributed by atoms with E-state index in [-0.39, 0.29) is 18.3 Å². The van der Waals surface area contributed by atoms with E-state index in [0.29, 0.717) is 24.7 Å². The van der Waals surface area contributed by atoms with Crippen molar-refractivity contribution < 1.29 is 18.5 Å². The maximum Gasteiger partial charge on any atom is 0.167 e. The van der Waals surface area contributed by atoms with Gasteiger partial charge in [0.2, 0.25) is 0 Å². The van der Waals surface area contributed by atoms with Crippen molar-refractivity contribution in [2.75, 3.05) is 13.3 Å². The maximum atomic E-state index is 6.07. The van der Waals surface area contributed by atoms with Crippen molar-refractivity contribution in [2.45, 2.75) is 77.5 Å². The summed E-state index contributed by atoms with van der Waals surface area (Å²) in [7, 11) is -0.852. The molecule has 2 fully saturated rings. The van der Waals surface area contributed by atoms with Crippen molar-refractivity contribution in [3.63, 3.8) is 0 Å². The molecule has 5 heteroatoms. The smallest absolute Gasteiger partial charge is 0.167 e. The fraction of sp³-hybridized carbons (Fsp3) is 1.00. The summed E-state index contributed by atoms with van der Waals surface area (Å²) in [6.07, 6.45) is 4.39. The lowest BCUT2D eigenvalue weighted by molar-refractivity contribution is 0.00541. The van der Waals surface area contributed by atoms with Gasteiger partial charge in [0.1, 0.15) is 0 Å². The molecule has 2 rings (SSSR count). The van der Waals surface area contributed by atoms with Gasteiger partial charge in [-0.15, -0.1) is 0 Å². The summed E-state index contributed by atoms with van der Waals surface area (Å²) in [5.74, 6) is 0.576. The molecule has 0 N–H and O–H groups in total. The molecule has 0 aromatic heterocycles. The Labute approximate surface area is 124 Å². The molecule has 0 aliphatic carbocycles. The Morgan fingerprint density at radius 3 is 2.30 bits per heavy atom. The van der Waals surface area contributed by atoms with Gasteiger partial charge >= 0.3 is 0 Å². The molecule has 7 unspecified atom stereocenters. The van der Waals surface area contributed by atoms with Crippen molar-refractivity contribution in [3.05, 3.63) is 0 Å². The predicted molar refractivity (Wildman–Crippen MR) is 81.0 cm³/mol. The van der Waals surface area contributed by atoms with Crippen LogP contribution in [0.5, 0.6) is 0 Å².